The Labute approximate surface area is 117 Å². The zero-order valence-corrected chi connectivity index (χ0v) is 11.8. The van der Waals surface area contributed by atoms with Gasteiger partial charge in [-0.15, -0.1) is 0 Å². The number of benzene rings is 1. The first-order chi connectivity index (χ1) is 9.04. The third-order valence-corrected chi connectivity index (χ3v) is 2.94. The molecular weight excluding hydrogens is 266 g/mol. The van der Waals surface area contributed by atoms with E-state index in [4.69, 9.17) is 11.6 Å². The maximum atomic E-state index is 11.6. The number of nitrogens with zero attached hydrogens (tertiary/aromatic N) is 1. The standard InChI is InChI=1S/C13H18ClN3O2/c1-3-17(2)13(19)9-15-8-12(18)16-11-7-5-4-6-10(11)14/h4-7,15H,3,8-9H2,1-2H3,(H,16,18). The molecule has 19 heavy (non-hydrogen) atoms. The molecule has 0 bridgehead atoms. The van der Waals surface area contributed by atoms with E-state index in [1.807, 2.05) is 6.92 Å². The highest BCUT2D eigenvalue weighted by Crippen LogP contribution is 2.19. The summed E-state index contributed by atoms with van der Waals surface area (Å²) in [5, 5.41) is 5.95. The van der Waals surface area contributed by atoms with Gasteiger partial charge in [0.05, 0.1) is 23.8 Å². The van der Waals surface area contributed by atoms with Crippen LogP contribution in [-0.2, 0) is 9.59 Å². The number of carbonyl (C=O) groups excluding carboxylic acids is 2. The molecule has 2 amide bonds. The third-order valence-electron chi connectivity index (χ3n) is 2.61. The molecule has 0 spiro atoms. The number of likely N-dealkylation sites (N-methyl/N-ethyl adjacent to an activating group) is 1. The molecule has 0 heterocycles. The lowest BCUT2D eigenvalue weighted by Crippen LogP contribution is -2.38. The summed E-state index contributed by atoms with van der Waals surface area (Å²) < 4.78 is 0. The number of halogens is 1. The first kappa shape index (κ1) is 15.5. The summed E-state index contributed by atoms with van der Waals surface area (Å²) in [6.45, 7) is 2.74. The molecule has 0 atom stereocenters. The van der Waals surface area contributed by atoms with Gasteiger partial charge in [0.1, 0.15) is 0 Å². The van der Waals surface area contributed by atoms with E-state index in [1.165, 1.54) is 0 Å². The first-order valence-corrected chi connectivity index (χ1v) is 6.41. The minimum atomic E-state index is -0.236. The summed E-state index contributed by atoms with van der Waals surface area (Å²) in [4.78, 5) is 24.7. The molecule has 0 aliphatic rings. The number of hydrogen-bond donors (Lipinski definition) is 2. The summed E-state index contributed by atoms with van der Waals surface area (Å²) in [6.07, 6.45) is 0. The molecular formula is C13H18ClN3O2. The topological polar surface area (TPSA) is 61.4 Å². The van der Waals surface area contributed by atoms with Crippen molar-refractivity contribution in [1.29, 1.82) is 0 Å². The molecule has 2 N–H and O–H groups in total. The molecule has 0 fully saturated rings. The van der Waals surface area contributed by atoms with Gasteiger partial charge in [0.2, 0.25) is 11.8 Å². The number of anilines is 1. The largest absolute Gasteiger partial charge is 0.345 e. The molecule has 0 saturated carbocycles. The molecule has 1 aromatic carbocycles. The lowest BCUT2D eigenvalue weighted by atomic mass is 10.3. The number of hydrogen-bond acceptors (Lipinski definition) is 3. The van der Waals surface area contributed by atoms with Crippen LogP contribution in [0, 0.1) is 0 Å². The van der Waals surface area contributed by atoms with Gasteiger partial charge in [-0.3, -0.25) is 14.9 Å². The number of nitrogens with one attached hydrogen (secondary N) is 2. The minimum absolute atomic E-state index is 0.0481. The number of amides is 2. The molecule has 0 radical (unpaired) electrons. The number of para-hydroxylation sites is 1. The van der Waals surface area contributed by atoms with Crippen LogP contribution in [0.4, 0.5) is 5.69 Å². The van der Waals surface area contributed by atoms with Crippen LogP contribution in [0.2, 0.25) is 5.02 Å². The second kappa shape index (κ2) is 7.76. The molecule has 1 rings (SSSR count). The van der Waals surface area contributed by atoms with Gasteiger partial charge in [-0.25, -0.2) is 0 Å². The van der Waals surface area contributed by atoms with Crippen molar-refractivity contribution in [2.24, 2.45) is 0 Å². The Kier molecular flexibility index (Phi) is 6.32. The summed E-state index contributed by atoms with van der Waals surface area (Å²) >= 11 is 5.92. The van der Waals surface area contributed by atoms with E-state index in [9.17, 15) is 9.59 Å². The first-order valence-electron chi connectivity index (χ1n) is 6.03. The summed E-state index contributed by atoms with van der Waals surface area (Å²) in [6, 6.07) is 6.99. The van der Waals surface area contributed by atoms with E-state index < -0.39 is 0 Å². The van der Waals surface area contributed by atoms with Gasteiger partial charge in [0.25, 0.3) is 0 Å². The molecule has 0 aliphatic carbocycles. The van der Waals surface area contributed by atoms with Crippen molar-refractivity contribution in [2.75, 3.05) is 32.0 Å². The van der Waals surface area contributed by atoms with E-state index in [2.05, 4.69) is 10.6 Å². The van der Waals surface area contributed by atoms with Crippen molar-refractivity contribution in [1.82, 2.24) is 10.2 Å². The van der Waals surface area contributed by atoms with Gasteiger partial charge >= 0.3 is 0 Å². The van der Waals surface area contributed by atoms with Crippen molar-refractivity contribution in [2.45, 2.75) is 6.92 Å². The monoisotopic (exact) mass is 283 g/mol. The van der Waals surface area contributed by atoms with Crippen molar-refractivity contribution in [3.8, 4) is 0 Å². The summed E-state index contributed by atoms with van der Waals surface area (Å²) in [5.41, 5.74) is 0.563. The van der Waals surface area contributed by atoms with Gasteiger partial charge in [-0.05, 0) is 19.1 Å². The van der Waals surface area contributed by atoms with Crippen LogP contribution in [0.15, 0.2) is 24.3 Å². The minimum Gasteiger partial charge on any atom is -0.345 e. The second-order valence-electron chi connectivity index (χ2n) is 4.04. The predicted octanol–water partition coefficient (Wildman–Crippen LogP) is 1.35. The molecule has 6 heteroatoms. The smallest absolute Gasteiger partial charge is 0.238 e. The molecule has 104 valence electrons. The zero-order chi connectivity index (χ0) is 14.3. The van der Waals surface area contributed by atoms with Crippen LogP contribution < -0.4 is 10.6 Å². The molecule has 1 aromatic rings. The van der Waals surface area contributed by atoms with Gasteiger partial charge in [-0.1, -0.05) is 23.7 Å². The quantitative estimate of drug-likeness (QED) is 0.828. The maximum absolute atomic E-state index is 11.6. The lowest BCUT2D eigenvalue weighted by molar-refractivity contribution is -0.128. The molecule has 0 aromatic heterocycles. The van der Waals surface area contributed by atoms with Crippen molar-refractivity contribution < 1.29 is 9.59 Å². The van der Waals surface area contributed by atoms with E-state index in [0.29, 0.717) is 17.3 Å². The summed E-state index contributed by atoms with van der Waals surface area (Å²) in [7, 11) is 1.72. The van der Waals surface area contributed by atoms with Crippen LogP contribution in [0.25, 0.3) is 0 Å². The van der Waals surface area contributed by atoms with Crippen LogP contribution in [-0.4, -0.2) is 43.4 Å². The van der Waals surface area contributed by atoms with E-state index in [1.54, 1.807) is 36.2 Å². The second-order valence-corrected chi connectivity index (χ2v) is 4.45. The fourth-order valence-corrected chi connectivity index (χ4v) is 1.53. The zero-order valence-electron chi connectivity index (χ0n) is 11.1. The number of rotatable bonds is 6. The van der Waals surface area contributed by atoms with Crippen LogP contribution in [0.3, 0.4) is 0 Å². The Hall–Kier alpha value is -1.59. The van der Waals surface area contributed by atoms with Gasteiger partial charge in [-0.2, -0.15) is 0 Å². The molecule has 0 aliphatic heterocycles. The molecule has 0 saturated heterocycles. The average Bonchev–Trinajstić information content (AvgIpc) is 2.40. The Morgan fingerprint density at radius 1 is 1.26 bits per heavy atom. The lowest BCUT2D eigenvalue weighted by Gasteiger charge is -2.14. The van der Waals surface area contributed by atoms with Crippen molar-refractivity contribution in [3.05, 3.63) is 29.3 Å². The highest BCUT2D eigenvalue weighted by Gasteiger charge is 2.08. The Balaban J connectivity index is 2.33. The van der Waals surface area contributed by atoms with E-state index >= 15 is 0 Å². The third kappa shape index (κ3) is 5.28. The van der Waals surface area contributed by atoms with Gasteiger partial charge in [0, 0.05) is 13.6 Å². The van der Waals surface area contributed by atoms with E-state index in [0.717, 1.165) is 0 Å². The summed E-state index contributed by atoms with van der Waals surface area (Å²) in [5.74, 6) is -0.284. The Morgan fingerprint density at radius 2 is 1.95 bits per heavy atom. The normalized spacial score (nSPS) is 10.1. The predicted molar refractivity (Wildman–Crippen MR) is 76.3 cm³/mol. The van der Waals surface area contributed by atoms with Gasteiger partial charge < -0.3 is 10.2 Å². The Bertz CT molecular complexity index is 451. The fraction of sp³-hybridized carbons (Fsp3) is 0.385. The van der Waals surface area contributed by atoms with Crippen molar-refractivity contribution >= 4 is 29.1 Å². The average molecular weight is 284 g/mol. The fourth-order valence-electron chi connectivity index (χ4n) is 1.35. The van der Waals surface area contributed by atoms with E-state index in [-0.39, 0.29) is 24.9 Å². The van der Waals surface area contributed by atoms with Crippen LogP contribution in [0.5, 0.6) is 0 Å². The van der Waals surface area contributed by atoms with Crippen LogP contribution >= 0.6 is 11.6 Å². The number of carbonyl (C=O) groups is 2. The molecule has 0 unspecified atom stereocenters. The van der Waals surface area contributed by atoms with Gasteiger partial charge in [0.15, 0.2) is 0 Å². The van der Waals surface area contributed by atoms with Crippen LogP contribution in [0.1, 0.15) is 6.92 Å². The van der Waals surface area contributed by atoms with Crippen molar-refractivity contribution in [3.63, 3.8) is 0 Å². The SMILES string of the molecule is CCN(C)C(=O)CNCC(=O)Nc1ccccc1Cl. The maximum Gasteiger partial charge on any atom is 0.238 e. The molecule has 5 nitrogen and oxygen atoms in total. The Morgan fingerprint density at radius 3 is 2.58 bits per heavy atom. The highest BCUT2D eigenvalue weighted by molar-refractivity contribution is 6.33. The highest BCUT2D eigenvalue weighted by atomic mass is 35.5.